The summed E-state index contributed by atoms with van der Waals surface area (Å²) in [5.41, 5.74) is 0.353. The Hall–Kier alpha value is -3.43. The number of nitro groups is 1. The molecule has 0 aliphatic heterocycles. The molecule has 3 aromatic rings. The lowest BCUT2D eigenvalue weighted by molar-refractivity contribution is -0.384. The zero-order valence-corrected chi connectivity index (χ0v) is 16.3. The number of non-ortho nitro benzene ring substituents is 1. The Morgan fingerprint density at radius 2 is 1.62 bits per heavy atom. The first-order valence-electron chi connectivity index (χ1n) is 8.19. The first-order chi connectivity index (χ1) is 13.8. The third-order valence-corrected chi connectivity index (χ3v) is 5.69. The number of carbonyl (C=O) groups excluding carboxylic acids is 1. The van der Waals surface area contributed by atoms with E-state index in [2.05, 4.69) is 10.0 Å². The van der Waals surface area contributed by atoms with Crippen LogP contribution < -0.4 is 10.0 Å². The van der Waals surface area contributed by atoms with Gasteiger partial charge in [-0.2, -0.15) is 0 Å². The molecule has 0 aliphatic rings. The van der Waals surface area contributed by atoms with Crippen molar-refractivity contribution in [2.24, 2.45) is 0 Å². The summed E-state index contributed by atoms with van der Waals surface area (Å²) in [4.78, 5) is 22.3. The molecule has 0 bridgehead atoms. The van der Waals surface area contributed by atoms with Gasteiger partial charge in [-0.25, -0.2) is 8.42 Å². The van der Waals surface area contributed by atoms with E-state index in [0.29, 0.717) is 5.69 Å². The molecule has 3 aromatic carbocycles. The van der Waals surface area contributed by atoms with Gasteiger partial charge in [0.1, 0.15) is 4.90 Å². The third kappa shape index (κ3) is 4.89. The second-order valence-corrected chi connectivity index (χ2v) is 7.94. The predicted molar refractivity (Wildman–Crippen MR) is 110 cm³/mol. The fraction of sp³-hybridized carbons (Fsp3) is 0. The van der Waals surface area contributed by atoms with Crippen LogP contribution in [-0.2, 0) is 10.0 Å². The average Bonchev–Trinajstić information content (AvgIpc) is 2.68. The molecule has 1 amide bonds. The molecule has 10 heteroatoms. The monoisotopic (exact) mass is 431 g/mol. The molecule has 0 heterocycles. The van der Waals surface area contributed by atoms with Crippen molar-refractivity contribution in [3.63, 3.8) is 0 Å². The molecule has 148 valence electrons. The number of hydrogen-bond acceptors (Lipinski definition) is 5. The van der Waals surface area contributed by atoms with E-state index in [4.69, 9.17) is 11.6 Å². The quantitative estimate of drug-likeness (QED) is 0.445. The lowest BCUT2D eigenvalue weighted by Gasteiger charge is -2.11. The number of para-hydroxylation sites is 1. The summed E-state index contributed by atoms with van der Waals surface area (Å²) in [7, 11) is -4.20. The number of hydrogen-bond donors (Lipinski definition) is 2. The second kappa shape index (κ2) is 8.29. The number of rotatable bonds is 6. The first kappa shape index (κ1) is 20.3. The van der Waals surface area contributed by atoms with Crippen molar-refractivity contribution in [3.05, 3.63) is 93.5 Å². The number of carbonyl (C=O) groups is 1. The number of nitrogens with zero attached hydrogens (tertiary/aromatic N) is 1. The van der Waals surface area contributed by atoms with Gasteiger partial charge in [0.2, 0.25) is 0 Å². The summed E-state index contributed by atoms with van der Waals surface area (Å²) in [6.45, 7) is 0. The Labute approximate surface area is 171 Å². The highest BCUT2D eigenvalue weighted by Gasteiger charge is 2.21. The molecule has 0 saturated carbocycles. The molecular weight excluding hydrogens is 418 g/mol. The summed E-state index contributed by atoms with van der Waals surface area (Å²) in [5, 5.41) is 13.4. The van der Waals surface area contributed by atoms with Gasteiger partial charge in [-0.05, 0) is 36.4 Å². The van der Waals surface area contributed by atoms with Crippen LogP contribution in [0.3, 0.4) is 0 Å². The van der Waals surface area contributed by atoms with Crippen LogP contribution in [0.4, 0.5) is 17.1 Å². The zero-order chi connectivity index (χ0) is 21.0. The number of benzene rings is 3. The number of anilines is 2. The highest BCUT2D eigenvalue weighted by atomic mass is 35.5. The van der Waals surface area contributed by atoms with Gasteiger partial charge in [-0.1, -0.05) is 35.9 Å². The Bertz CT molecular complexity index is 1180. The van der Waals surface area contributed by atoms with Gasteiger partial charge in [-0.3, -0.25) is 19.6 Å². The topological polar surface area (TPSA) is 118 Å². The summed E-state index contributed by atoms with van der Waals surface area (Å²) < 4.78 is 27.7. The van der Waals surface area contributed by atoms with Crippen molar-refractivity contribution in [2.45, 2.75) is 4.90 Å². The first-order valence-corrected chi connectivity index (χ1v) is 10.1. The number of amides is 1. The Balaban J connectivity index is 1.89. The van der Waals surface area contributed by atoms with Crippen LogP contribution in [0.5, 0.6) is 0 Å². The maximum atomic E-state index is 12.7. The molecule has 0 aromatic heterocycles. The van der Waals surface area contributed by atoms with Crippen LogP contribution in [0.15, 0.2) is 77.7 Å². The summed E-state index contributed by atoms with van der Waals surface area (Å²) in [6, 6.07) is 17.5. The minimum absolute atomic E-state index is 0.00518. The molecule has 0 unspecified atom stereocenters. The van der Waals surface area contributed by atoms with Gasteiger partial charge in [-0.15, -0.1) is 0 Å². The number of sulfonamides is 1. The van der Waals surface area contributed by atoms with Crippen molar-refractivity contribution in [2.75, 3.05) is 10.0 Å². The highest BCUT2D eigenvalue weighted by Crippen LogP contribution is 2.26. The van der Waals surface area contributed by atoms with Crippen molar-refractivity contribution in [1.29, 1.82) is 0 Å². The average molecular weight is 432 g/mol. The van der Waals surface area contributed by atoms with Crippen LogP contribution in [-0.4, -0.2) is 19.2 Å². The van der Waals surface area contributed by atoms with E-state index in [1.54, 1.807) is 30.3 Å². The number of nitro benzene ring substituents is 1. The minimum Gasteiger partial charge on any atom is -0.322 e. The van der Waals surface area contributed by atoms with Gasteiger partial charge in [0.05, 0.1) is 15.6 Å². The molecule has 0 fully saturated rings. The summed E-state index contributed by atoms with van der Waals surface area (Å²) in [5.74, 6) is -0.514. The van der Waals surface area contributed by atoms with Crippen molar-refractivity contribution in [3.8, 4) is 0 Å². The Morgan fingerprint density at radius 3 is 2.31 bits per heavy atom. The van der Waals surface area contributed by atoms with E-state index < -0.39 is 20.9 Å². The standard InChI is InChI=1S/C19H14ClN3O5S/c20-17-10-9-13(19(24)21-14-5-2-1-3-6-14)11-18(17)29(27,28)22-15-7-4-8-16(12-15)23(25)26/h1-12,22H,(H,21,24). The summed E-state index contributed by atoms with van der Waals surface area (Å²) in [6.07, 6.45) is 0. The van der Waals surface area contributed by atoms with Gasteiger partial charge >= 0.3 is 0 Å². The predicted octanol–water partition coefficient (Wildman–Crippen LogP) is 4.30. The lowest BCUT2D eigenvalue weighted by atomic mass is 10.2. The van der Waals surface area contributed by atoms with Crippen LogP contribution in [0.1, 0.15) is 10.4 Å². The Morgan fingerprint density at radius 1 is 0.931 bits per heavy atom. The third-order valence-electron chi connectivity index (χ3n) is 3.82. The van der Waals surface area contributed by atoms with Gasteiger partial charge in [0, 0.05) is 23.4 Å². The van der Waals surface area contributed by atoms with E-state index in [9.17, 15) is 23.3 Å². The maximum absolute atomic E-state index is 12.7. The fourth-order valence-electron chi connectivity index (χ4n) is 2.47. The molecule has 0 radical (unpaired) electrons. The molecule has 8 nitrogen and oxygen atoms in total. The highest BCUT2D eigenvalue weighted by molar-refractivity contribution is 7.92. The lowest BCUT2D eigenvalue weighted by Crippen LogP contribution is -2.16. The van der Waals surface area contributed by atoms with E-state index in [-0.39, 0.29) is 26.9 Å². The van der Waals surface area contributed by atoms with Gasteiger partial charge in [0.25, 0.3) is 21.6 Å². The minimum atomic E-state index is -4.20. The normalized spacial score (nSPS) is 10.9. The molecule has 3 rings (SSSR count). The molecule has 29 heavy (non-hydrogen) atoms. The largest absolute Gasteiger partial charge is 0.322 e. The number of halogens is 1. The van der Waals surface area contributed by atoms with Crippen molar-refractivity contribution in [1.82, 2.24) is 0 Å². The SMILES string of the molecule is O=C(Nc1ccccc1)c1ccc(Cl)c(S(=O)(=O)Nc2cccc([N+](=O)[O-])c2)c1. The number of nitrogens with one attached hydrogen (secondary N) is 2. The van der Waals surface area contributed by atoms with Crippen LogP contribution >= 0.6 is 11.6 Å². The Kier molecular flexibility index (Phi) is 5.81. The van der Waals surface area contributed by atoms with Crippen molar-refractivity contribution < 1.29 is 18.1 Å². The van der Waals surface area contributed by atoms with E-state index in [1.807, 2.05) is 0 Å². The zero-order valence-electron chi connectivity index (χ0n) is 14.7. The van der Waals surface area contributed by atoms with Gasteiger partial charge in [0.15, 0.2) is 0 Å². The molecule has 0 atom stereocenters. The molecule has 2 N–H and O–H groups in total. The van der Waals surface area contributed by atoms with Gasteiger partial charge < -0.3 is 5.32 Å². The smallest absolute Gasteiger partial charge is 0.271 e. The maximum Gasteiger partial charge on any atom is 0.271 e. The molecule has 0 saturated heterocycles. The van der Waals surface area contributed by atoms with Crippen LogP contribution in [0.25, 0.3) is 0 Å². The van der Waals surface area contributed by atoms with Crippen LogP contribution in [0, 0.1) is 10.1 Å². The van der Waals surface area contributed by atoms with Crippen LogP contribution in [0.2, 0.25) is 5.02 Å². The molecule has 0 aliphatic carbocycles. The fourth-order valence-corrected chi connectivity index (χ4v) is 4.04. The molecular formula is C19H14ClN3O5S. The second-order valence-electron chi connectivity index (χ2n) is 5.88. The van der Waals surface area contributed by atoms with E-state index >= 15 is 0 Å². The van der Waals surface area contributed by atoms with E-state index in [0.717, 1.165) is 12.1 Å². The summed E-state index contributed by atoms with van der Waals surface area (Å²) >= 11 is 6.03. The van der Waals surface area contributed by atoms with E-state index in [1.165, 1.54) is 30.3 Å². The van der Waals surface area contributed by atoms with Crippen molar-refractivity contribution >= 4 is 44.6 Å². The molecule has 0 spiro atoms.